The molecule has 38 heavy (non-hydrogen) atoms. The largest absolute Gasteiger partial charge is 0.440 e. The number of hydrogen-bond donors (Lipinski definition) is 1. The quantitative estimate of drug-likeness (QED) is 0.467. The molecule has 1 saturated carbocycles. The van der Waals surface area contributed by atoms with Crippen LogP contribution in [0.4, 0.5) is 10.1 Å². The van der Waals surface area contributed by atoms with Crippen LogP contribution in [0.5, 0.6) is 0 Å². The molecular weight excluding hydrogens is 507 g/mol. The van der Waals surface area contributed by atoms with Crippen LogP contribution >= 0.6 is 0 Å². The predicted octanol–water partition coefficient (Wildman–Crippen LogP) is 4.30. The number of rotatable bonds is 6. The molecule has 0 bridgehead atoms. The van der Waals surface area contributed by atoms with Crippen molar-refractivity contribution in [2.45, 2.75) is 31.6 Å². The van der Waals surface area contributed by atoms with Gasteiger partial charge in [0, 0.05) is 41.7 Å². The van der Waals surface area contributed by atoms with Gasteiger partial charge in [0.05, 0.1) is 17.6 Å². The molecule has 1 aromatic heterocycles. The molecule has 8 nitrogen and oxygen atoms in total. The summed E-state index contributed by atoms with van der Waals surface area (Å²) in [6.07, 6.45) is 3.21. The van der Waals surface area contributed by atoms with Gasteiger partial charge in [0.1, 0.15) is 23.8 Å². The van der Waals surface area contributed by atoms with Gasteiger partial charge in [-0.1, -0.05) is 31.0 Å². The van der Waals surface area contributed by atoms with E-state index in [2.05, 4.69) is 5.32 Å². The zero-order valence-electron chi connectivity index (χ0n) is 20.9. The van der Waals surface area contributed by atoms with Crippen LogP contribution in [0.1, 0.15) is 37.4 Å². The highest BCUT2D eigenvalue weighted by Gasteiger charge is 2.37. The minimum atomic E-state index is -3.06. The lowest BCUT2D eigenvalue weighted by molar-refractivity contribution is -0.126. The number of nitriles is 1. The number of halogens is 1. The summed E-state index contributed by atoms with van der Waals surface area (Å²) in [5.74, 6) is -0.115. The molecule has 1 amide bonds. The lowest BCUT2D eigenvalue weighted by Crippen LogP contribution is -2.40. The average molecular weight is 537 g/mol. The van der Waals surface area contributed by atoms with E-state index in [0.29, 0.717) is 42.4 Å². The van der Waals surface area contributed by atoms with Gasteiger partial charge < -0.3 is 14.6 Å². The fourth-order valence-corrected chi connectivity index (χ4v) is 6.61. The number of benzene rings is 2. The van der Waals surface area contributed by atoms with Crippen LogP contribution in [0.3, 0.4) is 0 Å². The van der Waals surface area contributed by atoms with Gasteiger partial charge in [-0.2, -0.15) is 5.26 Å². The maximum absolute atomic E-state index is 13.6. The number of nitrogens with zero attached hydrogens (tertiary/aromatic N) is 3. The lowest BCUT2D eigenvalue weighted by Gasteiger charge is -2.31. The summed E-state index contributed by atoms with van der Waals surface area (Å²) in [7, 11) is -3.06. The van der Waals surface area contributed by atoms with Crippen molar-refractivity contribution in [3.05, 3.63) is 60.1 Å². The topological polar surface area (TPSA) is 116 Å². The van der Waals surface area contributed by atoms with E-state index in [4.69, 9.17) is 14.7 Å². The van der Waals surface area contributed by atoms with Crippen molar-refractivity contribution in [1.82, 2.24) is 10.3 Å². The van der Waals surface area contributed by atoms with Crippen LogP contribution in [0, 0.1) is 23.1 Å². The second-order valence-electron chi connectivity index (χ2n) is 9.77. The van der Waals surface area contributed by atoms with E-state index in [1.807, 2.05) is 35.2 Å². The van der Waals surface area contributed by atoms with Crippen LogP contribution in [-0.4, -0.2) is 50.4 Å². The van der Waals surface area contributed by atoms with Crippen molar-refractivity contribution in [2.24, 2.45) is 5.92 Å². The van der Waals surface area contributed by atoms with Crippen molar-refractivity contribution in [3.8, 4) is 28.8 Å². The summed E-state index contributed by atoms with van der Waals surface area (Å²) in [6.45, 7) is 0.687. The van der Waals surface area contributed by atoms with Gasteiger partial charge in [0.2, 0.25) is 11.8 Å². The molecule has 1 aliphatic heterocycles. The fourth-order valence-electron chi connectivity index (χ4n) is 5.41. The van der Waals surface area contributed by atoms with Crippen LogP contribution in [0.15, 0.2) is 52.9 Å². The Morgan fingerprint density at radius 1 is 1.11 bits per heavy atom. The summed E-state index contributed by atoms with van der Waals surface area (Å²) in [6, 6.07) is 15.5. The van der Waals surface area contributed by atoms with E-state index in [1.165, 1.54) is 12.1 Å². The Morgan fingerprint density at radius 2 is 1.82 bits per heavy atom. The van der Waals surface area contributed by atoms with E-state index in [1.54, 1.807) is 12.1 Å². The number of aromatic nitrogens is 1. The van der Waals surface area contributed by atoms with Gasteiger partial charge in [-0.3, -0.25) is 4.79 Å². The molecule has 2 fully saturated rings. The van der Waals surface area contributed by atoms with Crippen molar-refractivity contribution in [1.29, 1.82) is 5.26 Å². The first kappa shape index (κ1) is 25.9. The number of nitrogens with one attached hydrogen (secondary N) is 1. The fraction of sp³-hybridized carbons (Fsp3) is 0.393. The van der Waals surface area contributed by atoms with Gasteiger partial charge in [-0.05, 0) is 43.2 Å². The summed E-state index contributed by atoms with van der Waals surface area (Å²) < 4.78 is 44.2. The third kappa shape index (κ3) is 5.43. The van der Waals surface area contributed by atoms with Crippen molar-refractivity contribution >= 4 is 21.4 Å². The Balaban J connectivity index is 1.61. The van der Waals surface area contributed by atoms with Crippen LogP contribution in [-0.2, 0) is 14.6 Å². The van der Waals surface area contributed by atoms with E-state index in [0.717, 1.165) is 30.5 Å². The second kappa shape index (κ2) is 11.0. The average Bonchev–Trinajstić information content (AvgIpc) is 3.37. The lowest BCUT2D eigenvalue weighted by atomic mass is 9.76. The summed E-state index contributed by atoms with van der Waals surface area (Å²) >= 11 is 0. The van der Waals surface area contributed by atoms with Gasteiger partial charge >= 0.3 is 0 Å². The molecule has 2 aromatic carbocycles. The smallest absolute Gasteiger partial charge is 0.226 e. The Labute approximate surface area is 221 Å². The number of sulfone groups is 1. The summed E-state index contributed by atoms with van der Waals surface area (Å²) in [5, 5.41) is 11.7. The molecular formula is C28H29FN4O4S. The molecule has 2 aliphatic rings. The molecule has 0 unspecified atom stereocenters. The third-order valence-corrected chi connectivity index (χ3v) is 8.98. The van der Waals surface area contributed by atoms with Gasteiger partial charge in [-0.15, -0.1) is 0 Å². The zero-order chi connectivity index (χ0) is 26.7. The van der Waals surface area contributed by atoms with Crippen LogP contribution in [0.2, 0.25) is 0 Å². The first-order valence-corrected chi connectivity index (χ1v) is 14.6. The highest BCUT2D eigenvalue weighted by Crippen LogP contribution is 2.45. The maximum Gasteiger partial charge on any atom is 0.226 e. The minimum absolute atomic E-state index is 0.0627. The molecule has 1 N–H and O–H groups in total. The molecule has 0 radical (unpaired) electrons. The number of carbonyl (C=O) groups is 1. The standard InChI is InChI=1S/C28H29FN4O4S/c29-20-11-9-19(10-12-20)28-32-25(23-7-3-4-8-24(23)33-15-17-38(35,36)18-16-33)26(37-28)21-5-1-2-6-22(21)27(34)31-14-13-30/h3-4,7-12,21-22H,1-2,5-6,14-18H2,(H,31,34)/t21-,22-/m1/s1. The second-order valence-corrected chi connectivity index (χ2v) is 12.1. The Morgan fingerprint density at radius 3 is 2.55 bits per heavy atom. The number of amides is 1. The molecule has 0 spiro atoms. The van der Waals surface area contributed by atoms with E-state index >= 15 is 0 Å². The predicted molar refractivity (Wildman–Crippen MR) is 142 cm³/mol. The Kier molecular flexibility index (Phi) is 7.47. The van der Waals surface area contributed by atoms with E-state index < -0.39 is 9.84 Å². The normalized spacial score (nSPS) is 21.0. The number of para-hydroxylation sites is 1. The molecule has 1 saturated heterocycles. The molecule has 2 heterocycles. The van der Waals surface area contributed by atoms with Crippen LogP contribution < -0.4 is 10.2 Å². The minimum Gasteiger partial charge on any atom is -0.440 e. The van der Waals surface area contributed by atoms with Crippen molar-refractivity contribution in [3.63, 3.8) is 0 Å². The highest BCUT2D eigenvalue weighted by molar-refractivity contribution is 7.91. The number of oxazole rings is 1. The van der Waals surface area contributed by atoms with Crippen molar-refractivity contribution < 1.29 is 22.0 Å². The molecule has 5 rings (SSSR count). The Bertz CT molecular complexity index is 1450. The molecule has 3 aromatic rings. The van der Waals surface area contributed by atoms with Crippen LogP contribution in [0.25, 0.3) is 22.7 Å². The maximum atomic E-state index is 13.6. The summed E-state index contributed by atoms with van der Waals surface area (Å²) in [5.41, 5.74) is 2.85. The number of hydrogen-bond acceptors (Lipinski definition) is 7. The molecule has 198 valence electrons. The van der Waals surface area contributed by atoms with E-state index in [9.17, 15) is 17.6 Å². The SMILES string of the molecule is N#CCNC(=O)[C@@H]1CCCC[C@H]1c1oc(-c2ccc(F)cc2)nc1-c1ccccc1N1CCS(=O)(=O)CC1. The van der Waals surface area contributed by atoms with Crippen molar-refractivity contribution in [2.75, 3.05) is 36.0 Å². The van der Waals surface area contributed by atoms with Gasteiger partial charge in [0.25, 0.3) is 0 Å². The van der Waals surface area contributed by atoms with Gasteiger partial charge in [0.15, 0.2) is 9.84 Å². The number of anilines is 1. The van der Waals surface area contributed by atoms with E-state index in [-0.39, 0.29) is 41.6 Å². The first-order chi connectivity index (χ1) is 18.4. The molecule has 1 aliphatic carbocycles. The number of carbonyl (C=O) groups excluding carboxylic acids is 1. The highest BCUT2D eigenvalue weighted by atomic mass is 32.2. The Hall–Kier alpha value is -3.71. The van der Waals surface area contributed by atoms with Gasteiger partial charge in [-0.25, -0.2) is 17.8 Å². The first-order valence-electron chi connectivity index (χ1n) is 12.8. The third-order valence-electron chi connectivity index (χ3n) is 7.37. The summed E-state index contributed by atoms with van der Waals surface area (Å²) in [4.78, 5) is 20.0. The molecule has 10 heteroatoms. The monoisotopic (exact) mass is 536 g/mol. The zero-order valence-corrected chi connectivity index (χ0v) is 21.7. The molecule has 2 atom stereocenters.